The van der Waals surface area contributed by atoms with E-state index >= 15 is 0 Å². The highest BCUT2D eigenvalue weighted by molar-refractivity contribution is 5.80. The van der Waals surface area contributed by atoms with E-state index in [0.717, 1.165) is 45.1 Å². The first-order valence-electron chi connectivity index (χ1n) is 10.8. The van der Waals surface area contributed by atoms with Crippen LogP contribution in [0.5, 0.6) is 0 Å². The van der Waals surface area contributed by atoms with Gasteiger partial charge in [-0.3, -0.25) is 9.89 Å². The molecule has 0 aliphatic carbocycles. The molecule has 2 N–H and O–H groups in total. The average molecular weight is 411 g/mol. The molecular formula is C23H31FN6. The molecule has 6 nitrogen and oxygen atoms in total. The number of guanidine groups is 1. The summed E-state index contributed by atoms with van der Waals surface area (Å²) in [5.74, 6) is 0.988. The maximum Gasteiger partial charge on any atom is 0.191 e. The lowest BCUT2D eigenvalue weighted by Crippen LogP contribution is -2.48. The Morgan fingerprint density at radius 2 is 2.03 bits per heavy atom. The second-order valence-electron chi connectivity index (χ2n) is 8.09. The first-order valence-corrected chi connectivity index (χ1v) is 10.8. The second-order valence-corrected chi connectivity index (χ2v) is 8.09. The van der Waals surface area contributed by atoms with Gasteiger partial charge >= 0.3 is 0 Å². The first-order chi connectivity index (χ1) is 14.7. The number of hydrogen-bond acceptors (Lipinski definition) is 4. The molecule has 4 rings (SSSR count). The minimum absolute atomic E-state index is 0.224. The van der Waals surface area contributed by atoms with Crippen LogP contribution in [0.15, 0.2) is 53.7 Å². The van der Waals surface area contributed by atoms with Gasteiger partial charge in [0.1, 0.15) is 0 Å². The second kappa shape index (κ2) is 9.89. The molecule has 160 valence electrons. The van der Waals surface area contributed by atoms with Crippen molar-refractivity contribution in [1.29, 1.82) is 0 Å². The minimum atomic E-state index is -0.264. The van der Waals surface area contributed by atoms with E-state index in [4.69, 9.17) is 0 Å². The fourth-order valence-electron chi connectivity index (χ4n) is 4.44. The summed E-state index contributed by atoms with van der Waals surface area (Å²) in [4.78, 5) is 13.2. The van der Waals surface area contributed by atoms with E-state index in [2.05, 4.69) is 55.8 Å². The highest BCUT2D eigenvalue weighted by Gasteiger charge is 2.27. The van der Waals surface area contributed by atoms with Crippen molar-refractivity contribution in [2.45, 2.75) is 37.9 Å². The number of rotatable bonds is 6. The number of aromatic nitrogens is 1. The van der Waals surface area contributed by atoms with Crippen LogP contribution in [0.4, 0.5) is 10.2 Å². The maximum atomic E-state index is 14.0. The lowest BCUT2D eigenvalue weighted by Gasteiger charge is -2.26. The molecule has 1 aromatic heterocycles. The Labute approximate surface area is 178 Å². The number of anilines is 1. The molecule has 30 heavy (non-hydrogen) atoms. The van der Waals surface area contributed by atoms with E-state index in [1.165, 1.54) is 24.5 Å². The molecule has 2 aromatic rings. The summed E-state index contributed by atoms with van der Waals surface area (Å²) in [6.45, 7) is 4.51. The average Bonchev–Trinajstić information content (AvgIpc) is 3.41. The van der Waals surface area contributed by atoms with Gasteiger partial charge in [-0.2, -0.15) is 0 Å². The van der Waals surface area contributed by atoms with E-state index in [0.29, 0.717) is 11.9 Å². The van der Waals surface area contributed by atoms with Gasteiger partial charge in [0.15, 0.2) is 17.6 Å². The van der Waals surface area contributed by atoms with Gasteiger partial charge in [-0.25, -0.2) is 9.37 Å². The number of likely N-dealkylation sites (tertiary alicyclic amines) is 1. The number of nitrogens with one attached hydrogen (secondary N) is 2. The molecule has 3 heterocycles. The fourth-order valence-corrected chi connectivity index (χ4v) is 4.44. The van der Waals surface area contributed by atoms with Crippen molar-refractivity contribution in [3.63, 3.8) is 0 Å². The summed E-state index contributed by atoms with van der Waals surface area (Å²) >= 11 is 0. The van der Waals surface area contributed by atoms with Crippen LogP contribution in [0.2, 0.25) is 0 Å². The van der Waals surface area contributed by atoms with Gasteiger partial charge in [0.05, 0.1) is 0 Å². The minimum Gasteiger partial charge on any atom is -0.355 e. The summed E-state index contributed by atoms with van der Waals surface area (Å²) in [6.07, 6.45) is 5.01. The lowest BCUT2D eigenvalue weighted by molar-refractivity contribution is 0.245. The van der Waals surface area contributed by atoms with Crippen molar-refractivity contribution in [1.82, 2.24) is 20.5 Å². The summed E-state index contributed by atoms with van der Waals surface area (Å²) in [7, 11) is 1.80. The Balaban J connectivity index is 1.26. The van der Waals surface area contributed by atoms with Gasteiger partial charge in [-0.15, -0.1) is 0 Å². The predicted molar refractivity (Wildman–Crippen MR) is 119 cm³/mol. The molecule has 0 saturated carbocycles. The van der Waals surface area contributed by atoms with Gasteiger partial charge in [-0.05, 0) is 43.5 Å². The van der Waals surface area contributed by atoms with Crippen LogP contribution in [-0.2, 0) is 6.54 Å². The number of pyridine rings is 1. The van der Waals surface area contributed by atoms with Crippen molar-refractivity contribution in [3.05, 3.63) is 60.0 Å². The Kier molecular flexibility index (Phi) is 6.79. The van der Waals surface area contributed by atoms with Crippen LogP contribution in [0, 0.1) is 5.82 Å². The van der Waals surface area contributed by atoms with Crippen LogP contribution in [0.25, 0.3) is 0 Å². The van der Waals surface area contributed by atoms with E-state index in [1.807, 2.05) is 4.90 Å². The van der Waals surface area contributed by atoms with Crippen LogP contribution in [-0.4, -0.2) is 61.2 Å². The molecule has 0 amide bonds. The maximum absolute atomic E-state index is 14.0. The Hall–Kier alpha value is -2.67. The van der Waals surface area contributed by atoms with Gasteiger partial charge in [0.25, 0.3) is 0 Å². The third-order valence-electron chi connectivity index (χ3n) is 6.02. The number of benzene rings is 1. The first kappa shape index (κ1) is 20.6. The number of aliphatic imine (C=N–C) groups is 1. The summed E-state index contributed by atoms with van der Waals surface area (Å²) in [5.41, 5.74) is 1.36. The van der Waals surface area contributed by atoms with E-state index in [-0.39, 0.29) is 11.9 Å². The third-order valence-corrected chi connectivity index (χ3v) is 6.02. The van der Waals surface area contributed by atoms with Crippen LogP contribution < -0.4 is 15.5 Å². The summed E-state index contributed by atoms with van der Waals surface area (Å²) < 4.78 is 14.0. The number of hydrogen-bond donors (Lipinski definition) is 2. The molecule has 2 aliphatic rings. The predicted octanol–water partition coefficient (Wildman–Crippen LogP) is 2.63. The molecule has 2 saturated heterocycles. The van der Waals surface area contributed by atoms with Crippen LogP contribution in [0.3, 0.4) is 0 Å². The molecule has 0 spiro atoms. The highest BCUT2D eigenvalue weighted by Crippen LogP contribution is 2.21. The SMILES string of the molecule is CN=C(NCC1CCCN1Cc1ccccc1)NC1CCN(c2ncccc2F)C1. The molecular weight excluding hydrogens is 379 g/mol. The topological polar surface area (TPSA) is 55.8 Å². The van der Waals surface area contributed by atoms with E-state index < -0.39 is 0 Å². The normalized spacial score (nSPS) is 22.5. The molecule has 2 fully saturated rings. The molecule has 7 heteroatoms. The highest BCUT2D eigenvalue weighted by atomic mass is 19.1. The third kappa shape index (κ3) is 5.08. The van der Waals surface area contributed by atoms with Crippen molar-refractivity contribution >= 4 is 11.8 Å². The fraction of sp³-hybridized carbons (Fsp3) is 0.478. The number of nitrogens with zero attached hydrogens (tertiary/aromatic N) is 4. The van der Waals surface area contributed by atoms with Crippen molar-refractivity contribution in [3.8, 4) is 0 Å². The van der Waals surface area contributed by atoms with E-state index in [1.54, 1.807) is 19.3 Å². The largest absolute Gasteiger partial charge is 0.355 e. The van der Waals surface area contributed by atoms with Crippen molar-refractivity contribution < 1.29 is 4.39 Å². The van der Waals surface area contributed by atoms with Gasteiger partial charge < -0.3 is 15.5 Å². The summed E-state index contributed by atoms with van der Waals surface area (Å²) in [6, 6.07) is 14.5. The Morgan fingerprint density at radius 1 is 1.17 bits per heavy atom. The van der Waals surface area contributed by atoms with Crippen LogP contribution >= 0.6 is 0 Å². The molecule has 2 aliphatic heterocycles. The molecule has 0 bridgehead atoms. The van der Waals surface area contributed by atoms with E-state index in [9.17, 15) is 4.39 Å². The lowest BCUT2D eigenvalue weighted by atomic mass is 10.2. The molecule has 2 atom stereocenters. The molecule has 1 aromatic carbocycles. The monoisotopic (exact) mass is 410 g/mol. The van der Waals surface area contributed by atoms with Gasteiger partial charge in [-0.1, -0.05) is 30.3 Å². The van der Waals surface area contributed by atoms with Crippen LogP contribution in [0.1, 0.15) is 24.8 Å². The van der Waals surface area contributed by atoms with Gasteiger partial charge in [0, 0.05) is 51.5 Å². The zero-order valence-corrected chi connectivity index (χ0v) is 17.6. The Morgan fingerprint density at radius 3 is 2.83 bits per heavy atom. The standard InChI is InChI=1S/C23H31FN6/c1-25-23(28-19-11-14-30(17-19)22-21(24)10-5-12-26-22)27-15-20-9-6-13-29(20)16-18-7-3-2-4-8-18/h2-5,7-8,10,12,19-20H,6,9,11,13-17H2,1H3,(H2,25,27,28). The summed E-state index contributed by atoms with van der Waals surface area (Å²) in [5, 5.41) is 7.01. The zero-order valence-electron chi connectivity index (χ0n) is 17.6. The quantitative estimate of drug-likeness (QED) is 0.566. The number of halogens is 1. The molecule has 2 unspecified atom stereocenters. The van der Waals surface area contributed by atoms with Gasteiger partial charge in [0.2, 0.25) is 0 Å². The van der Waals surface area contributed by atoms with Crippen molar-refractivity contribution in [2.75, 3.05) is 38.1 Å². The zero-order chi connectivity index (χ0) is 20.8. The molecule has 0 radical (unpaired) electrons. The Bertz CT molecular complexity index is 843. The smallest absolute Gasteiger partial charge is 0.191 e. The van der Waals surface area contributed by atoms with Crippen molar-refractivity contribution in [2.24, 2.45) is 4.99 Å².